The van der Waals surface area contributed by atoms with E-state index in [9.17, 15) is 9.00 Å². The summed E-state index contributed by atoms with van der Waals surface area (Å²) in [5.41, 5.74) is 0. The first kappa shape index (κ1) is 14.6. The summed E-state index contributed by atoms with van der Waals surface area (Å²) in [6.45, 7) is 6.40. The predicted octanol–water partition coefficient (Wildman–Crippen LogP) is 0.261. The van der Waals surface area contributed by atoms with Crippen LogP contribution in [0, 0.1) is 0 Å². The van der Waals surface area contributed by atoms with E-state index >= 15 is 0 Å². The molecule has 0 aromatic rings. The molecule has 1 amide bonds. The number of carbonyl (C=O) groups is 1. The maximum atomic E-state index is 11.4. The van der Waals surface area contributed by atoms with Crippen LogP contribution in [0.5, 0.6) is 0 Å². The minimum atomic E-state index is -0.871. The lowest BCUT2D eigenvalue weighted by molar-refractivity contribution is -0.120. The summed E-state index contributed by atoms with van der Waals surface area (Å²) in [4.78, 5) is 11.2. The van der Waals surface area contributed by atoms with Crippen molar-refractivity contribution < 1.29 is 9.00 Å². The molecule has 1 unspecified atom stereocenters. The van der Waals surface area contributed by atoms with Gasteiger partial charge in [-0.2, -0.15) is 0 Å². The summed E-state index contributed by atoms with van der Waals surface area (Å²) in [6, 6.07) is 0. The Morgan fingerprint density at radius 2 is 1.93 bits per heavy atom. The molecule has 1 atom stereocenters. The van der Waals surface area contributed by atoms with Gasteiger partial charge in [-0.05, 0) is 13.0 Å². The summed E-state index contributed by atoms with van der Waals surface area (Å²) in [6.07, 6.45) is 1.31. The third kappa shape index (κ3) is 9.87. The number of rotatable bonds is 9. The molecule has 0 radical (unpaired) electrons. The van der Waals surface area contributed by atoms with E-state index in [0.717, 1.165) is 19.5 Å². The average molecular weight is 234 g/mol. The Morgan fingerprint density at radius 3 is 2.53 bits per heavy atom. The van der Waals surface area contributed by atoms with Gasteiger partial charge in [0, 0.05) is 41.8 Å². The molecule has 0 aliphatic heterocycles. The smallest absolute Gasteiger partial charge is 0.220 e. The van der Waals surface area contributed by atoms with Crippen LogP contribution in [0.25, 0.3) is 0 Å². The Kier molecular flexibility index (Phi) is 9.83. The van der Waals surface area contributed by atoms with Gasteiger partial charge in [0.05, 0.1) is 0 Å². The van der Waals surface area contributed by atoms with E-state index in [1.807, 2.05) is 13.8 Å². The Labute approximate surface area is 94.7 Å². The molecule has 0 spiro atoms. The van der Waals surface area contributed by atoms with Crippen molar-refractivity contribution in [1.29, 1.82) is 0 Å². The number of amides is 1. The zero-order valence-corrected chi connectivity index (χ0v) is 10.5. The highest BCUT2D eigenvalue weighted by Gasteiger charge is 2.04. The molecular weight excluding hydrogens is 212 g/mol. The third-order valence-corrected chi connectivity index (χ3v) is 3.20. The molecular formula is C10H22N2O2S. The quantitative estimate of drug-likeness (QED) is 0.563. The van der Waals surface area contributed by atoms with Gasteiger partial charge in [-0.1, -0.05) is 13.8 Å². The third-order valence-electron chi connectivity index (χ3n) is 1.89. The fraction of sp³-hybridized carbons (Fsp3) is 0.900. The predicted molar refractivity (Wildman–Crippen MR) is 64.3 cm³/mol. The van der Waals surface area contributed by atoms with Gasteiger partial charge in [0.15, 0.2) is 0 Å². The van der Waals surface area contributed by atoms with E-state index in [-0.39, 0.29) is 5.91 Å². The second kappa shape index (κ2) is 10.1. The fourth-order valence-electron chi connectivity index (χ4n) is 1.02. The van der Waals surface area contributed by atoms with Crippen LogP contribution >= 0.6 is 0 Å². The summed E-state index contributed by atoms with van der Waals surface area (Å²) < 4.78 is 11.4. The van der Waals surface area contributed by atoms with Crippen LogP contribution in [0.4, 0.5) is 0 Å². The van der Waals surface area contributed by atoms with E-state index < -0.39 is 10.8 Å². The Balaban J connectivity index is 3.40. The van der Waals surface area contributed by atoms with Gasteiger partial charge in [0.25, 0.3) is 0 Å². The van der Waals surface area contributed by atoms with E-state index in [0.29, 0.717) is 24.5 Å². The van der Waals surface area contributed by atoms with E-state index in [1.165, 1.54) is 0 Å². The monoisotopic (exact) mass is 234 g/mol. The standard InChI is InChI=1S/C10H22N2O2S/c1-3-6-12-10(13)5-8-15(14)9-7-11-4-2/h11H,3-9H2,1-2H3,(H,12,13). The molecule has 0 saturated heterocycles. The first-order chi connectivity index (χ1) is 7.20. The van der Waals surface area contributed by atoms with Crippen LogP contribution < -0.4 is 10.6 Å². The molecule has 2 N–H and O–H groups in total. The number of nitrogens with one attached hydrogen (secondary N) is 2. The normalized spacial score (nSPS) is 12.4. The van der Waals surface area contributed by atoms with Gasteiger partial charge in [-0.3, -0.25) is 9.00 Å². The summed E-state index contributed by atoms with van der Waals surface area (Å²) >= 11 is 0. The van der Waals surface area contributed by atoms with Gasteiger partial charge in [-0.25, -0.2) is 0 Å². The second-order valence-electron chi connectivity index (χ2n) is 3.30. The first-order valence-electron chi connectivity index (χ1n) is 5.53. The van der Waals surface area contributed by atoms with Crippen LogP contribution in [-0.2, 0) is 15.6 Å². The maximum Gasteiger partial charge on any atom is 0.220 e. The second-order valence-corrected chi connectivity index (χ2v) is 5.00. The molecule has 0 aliphatic carbocycles. The molecule has 0 heterocycles. The van der Waals surface area contributed by atoms with E-state index in [1.54, 1.807) is 0 Å². The lowest BCUT2D eigenvalue weighted by Crippen LogP contribution is -2.26. The van der Waals surface area contributed by atoms with Crippen molar-refractivity contribution in [3.8, 4) is 0 Å². The van der Waals surface area contributed by atoms with Crippen molar-refractivity contribution in [2.24, 2.45) is 0 Å². The molecule has 0 saturated carbocycles. The molecule has 5 heteroatoms. The Bertz CT molecular complexity index is 198. The largest absolute Gasteiger partial charge is 0.356 e. The van der Waals surface area contributed by atoms with Gasteiger partial charge < -0.3 is 10.6 Å². The first-order valence-corrected chi connectivity index (χ1v) is 7.01. The molecule has 0 rings (SSSR count). The number of hydrogen-bond acceptors (Lipinski definition) is 3. The fourth-order valence-corrected chi connectivity index (χ4v) is 2.01. The molecule has 0 aromatic carbocycles. The van der Waals surface area contributed by atoms with E-state index in [2.05, 4.69) is 10.6 Å². The Morgan fingerprint density at radius 1 is 1.20 bits per heavy atom. The Hall–Kier alpha value is -0.420. The van der Waals surface area contributed by atoms with Crippen molar-refractivity contribution in [3.63, 3.8) is 0 Å². The van der Waals surface area contributed by atoms with Crippen LogP contribution in [-0.4, -0.2) is 41.3 Å². The highest BCUT2D eigenvalue weighted by atomic mass is 32.2. The van der Waals surface area contributed by atoms with Crippen molar-refractivity contribution in [2.75, 3.05) is 31.1 Å². The van der Waals surface area contributed by atoms with Crippen LogP contribution in [0.1, 0.15) is 26.7 Å². The SMILES string of the molecule is CCCNC(=O)CCS(=O)CCNCC. The molecule has 15 heavy (non-hydrogen) atoms. The summed E-state index contributed by atoms with van der Waals surface area (Å²) in [7, 11) is -0.871. The zero-order valence-electron chi connectivity index (χ0n) is 9.67. The number of carbonyl (C=O) groups excluding carboxylic acids is 1. The van der Waals surface area contributed by atoms with Crippen molar-refractivity contribution >= 4 is 16.7 Å². The van der Waals surface area contributed by atoms with Crippen LogP contribution in [0.3, 0.4) is 0 Å². The van der Waals surface area contributed by atoms with Crippen molar-refractivity contribution in [1.82, 2.24) is 10.6 Å². The van der Waals surface area contributed by atoms with Crippen molar-refractivity contribution in [3.05, 3.63) is 0 Å². The summed E-state index contributed by atoms with van der Waals surface area (Å²) in [5.74, 6) is 1.11. The average Bonchev–Trinajstić information content (AvgIpc) is 2.24. The zero-order chi connectivity index (χ0) is 11.5. The molecule has 0 fully saturated rings. The molecule has 0 aromatic heterocycles. The highest BCUT2D eigenvalue weighted by Crippen LogP contribution is 1.88. The maximum absolute atomic E-state index is 11.4. The van der Waals surface area contributed by atoms with Gasteiger partial charge in [-0.15, -0.1) is 0 Å². The van der Waals surface area contributed by atoms with Crippen LogP contribution in [0.15, 0.2) is 0 Å². The van der Waals surface area contributed by atoms with Crippen LogP contribution in [0.2, 0.25) is 0 Å². The molecule has 90 valence electrons. The van der Waals surface area contributed by atoms with Crippen molar-refractivity contribution in [2.45, 2.75) is 26.7 Å². The number of hydrogen-bond donors (Lipinski definition) is 2. The molecule has 4 nitrogen and oxygen atoms in total. The van der Waals surface area contributed by atoms with Gasteiger partial charge >= 0.3 is 0 Å². The minimum absolute atomic E-state index is 0.00801. The lowest BCUT2D eigenvalue weighted by Gasteiger charge is -2.04. The topological polar surface area (TPSA) is 58.2 Å². The molecule has 0 aliphatic rings. The van der Waals surface area contributed by atoms with Gasteiger partial charge in [0.1, 0.15) is 0 Å². The minimum Gasteiger partial charge on any atom is -0.356 e. The summed E-state index contributed by atoms with van der Waals surface area (Å²) in [5, 5.41) is 5.87. The highest BCUT2D eigenvalue weighted by molar-refractivity contribution is 7.85. The van der Waals surface area contributed by atoms with E-state index in [4.69, 9.17) is 0 Å². The lowest BCUT2D eigenvalue weighted by atomic mass is 10.4. The van der Waals surface area contributed by atoms with Gasteiger partial charge in [0.2, 0.25) is 5.91 Å². The molecule has 0 bridgehead atoms.